The largest absolute Gasteiger partial charge is 0.295 e. The standard InChI is InChI=1S/C18H23ClO/c1-6-18(5)9-15-13(4)12(3)14(8-7-11(2)20)17(19)16(15)10-18/h7-8H,6,9-10H2,1-5H3. The highest BCUT2D eigenvalue weighted by Crippen LogP contribution is 2.46. The molecule has 1 aromatic rings. The van der Waals surface area contributed by atoms with E-state index in [9.17, 15) is 4.79 Å². The summed E-state index contributed by atoms with van der Waals surface area (Å²) in [6, 6.07) is 0. The molecular formula is C18H23ClO. The lowest BCUT2D eigenvalue weighted by Gasteiger charge is -2.20. The molecule has 1 aliphatic rings. The molecule has 0 N–H and O–H groups in total. The zero-order valence-corrected chi connectivity index (χ0v) is 13.8. The molecule has 1 aliphatic carbocycles. The molecule has 1 nitrogen and oxygen atoms in total. The molecule has 0 aromatic heterocycles. The van der Waals surface area contributed by atoms with Gasteiger partial charge >= 0.3 is 0 Å². The first kappa shape index (κ1) is 15.3. The summed E-state index contributed by atoms with van der Waals surface area (Å²) in [7, 11) is 0. The van der Waals surface area contributed by atoms with Crippen molar-refractivity contribution in [2.75, 3.05) is 0 Å². The molecule has 108 valence electrons. The predicted molar refractivity (Wildman–Crippen MR) is 86.4 cm³/mol. The lowest BCUT2D eigenvalue weighted by molar-refractivity contribution is -0.112. The summed E-state index contributed by atoms with van der Waals surface area (Å²) in [5, 5.41) is 0.845. The van der Waals surface area contributed by atoms with Crippen molar-refractivity contribution >= 4 is 23.5 Å². The lowest BCUT2D eigenvalue weighted by Crippen LogP contribution is -2.14. The van der Waals surface area contributed by atoms with Crippen LogP contribution in [0.15, 0.2) is 6.08 Å². The summed E-state index contributed by atoms with van der Waals surface area (Å²) in [5.41, 5.74) is 6.60. The van der Waals surface area contributed by atoms with E-state index in [-0.39, 0.29) is 5.78 Å². The summed E-state index contributed by atoms with van der Waals surface area (Å²) in [5.74, 6) is 0.0528. The molecule has 0 aliphatic heterocycles. The summed E-state index contributed by atoms with van der Waals surface area (Å²) >= 11 is 6.64. The molecule has 1 aromatic carbocycles. The second kappa shape index (κ2) is 5.37. The Morgan fingerprint density at radius 3 is 2.40 bits per heavy atom. The van der Waals surface area contributed by atoms with Crippen LogP contribution in [0, 0.1) is 19.3 Å². The highest BCUT2D eigenvalue weighted by atomic mass is 35.5. The topological polar surface area (TPSA) is 17.1 Å². The van der Waals surface area contributed by atoms with E-state index < -0.39 is 0 Å². The summed E-state index contributed by atoms with van der Waals surface area (Å²) in [4.78, 5) is 11.2. The van der Waals surface area contributed by atoms with Crippen LogP contribution in [-0.2, 0) is 17.6 Å². The number of hydrogen-bond donors (Lipinski definition) is 0. The van der Waals surface area contributed by atoms with Crippen molar-refractivity contribution in [3.8, 4) is 0 Å². The van der Waals surface area contributed by atoms with E-state index in [1.165, 1.54) is 22.3 Å². The minimum Gasteiger partial charge on any atom is -0.295 e. The third-order valence-corrected chi connectivity index (χ3v) is 5.26. The average molecular weight is 291 g/mol. The van der Waals surface area contributed by atoms with Crippen LogP contribution in [0.1, 0.15) is 55.0 Å². The van der Waals surface area contributed by atoms with Crippen LogP contribution in [0.2, 0.25) is 5.02 Å². The molecule has 0 radical (unpaired) electrons. The number of fused-ring (bicyclic) bond motifs is 1. The van der Waals surface area contributed by atoms with Gasteiger partial charge in [0.2, 0.25) is 0 Å². The summed E-state index contributed by atoms with van der Waals surface area (Å²) in [6.45, 7) is 10.4. The number of ketones is 1. The number of allylic oxidation sites excluding steroid dienone is 1. The van der Waals surface area contributed by atoms with Crippen LogP contribution in [0.25, 0.3) is 6.08 Å². The molecule has 0 spiro atoms. The van der Waals surface area contributed by atoms with E-state index in [1.54, 1.807) is 13.0 Å². The first-order chi connectivity index (χ1) is 9.29. The fourth-order valence-corrected chi connectivity index (χ4v) is 3.49. The van der Waals surface area contributed by atoms with Gasteiger partial charge in [-0.1, -0.05) is 31.9 Å². The van der Waals surface area contributed by atoms with Gasteiger partial charge in [-0.25, -0.2) is 0 Å². The van der Waals surface area contributed by atoms with Crippen molar-refractivity contribution < 1.29 is 4.79 Å². The van der Waals surface area contributed by atoms with Gasteiger partial charge in [-0.15, -0.1) is 0 Å². The lowest BCUT2D eigenvalue weighted by atomic mass is 9.84. The third kappa shape index (κ3) is 2.56. The number of benzene rings is 1. The van der Waals surface area contributed by atoms with E-state index in [1.807, 2.05) is 6.08 Å². The maximum Gasteiger partial charge on any atom is 0.152 e. The second-order valence-corrected chi connectivity index (χ2v) is 6.77. The van der Waals surface area contributed by atoms with Crippen LogP contribution in [0.5, 0.6) is 0 Å². The Morgan fingerprint density at radius 1 is 1.25 bits per heavy atom. The number of rotatable bonds is 3. The molecule has 1 atom stereocenters. The Balaban J connectivity index is 2.59. The van der Waals surface area contributed by atoms with Crippen LogP contribution >= 0.6 is 11.6 Å². The molecule has 2 rings (SSSR count). The molecule has 1 unspecified atom stereocenters. The van der Waals surface area contributed by atoms with E-state index in [0.717, 1.165) is 29.8 Å². The van der Waals surface area contributed by atoms with Gasteiger partial charge < -0.3 is 0 Å². The van der Waals surface area contributed by atoms with Crippen molar-refractivity contribution in [2.45, 2.75) is 53.9 Å². The molecule has 0 bridgehead atoms. The summed E-state index contributed by atoms with van der Waals surface area (Å²) in [6.07, 6.45) is 6.79. The van der Waals surface area contributed by atoms with Crippen LogP contribution in [0.3, 0.4) is 0 Å². The van der Waals surface area contributed by atoms with Crippen molar-refractivity contribution in [3.63, 3.8) is 0 Å². The van der Waals surface area contributed by atoms with Gasteiger partial charge in [0.1, 0.15) is 0 Å². The van der Waals surface area contributed by atoms with Gasteiger partial charge in [0, 0.05) is 0 Å². The molecule has 0 amide bonds. The first-order valence-corrected chi connectivity index (χ1v) is 7.66. The number of carbonyl (C=O) groups is 1. The molecule has 2 heteroatoms. The van der Waals surface area contributed by atoms with E-state index >= 15 is 0 Å². The quantitative estimate of drug-likeness (QED) is 0.710. The van der Waals surface area contributed by atoms with Gasteiger partial charge in [0.15, 0.2) is 5.78 Å². The number of halogens is 1. The second-order valence-electron chi connectivity index (χ2n) is 6.40. The monoisotopic (exact) mass is 290 g/mol. The Morgan fingerprint density at radius 2 is 1.85 bits per heavy atom. The molecule has 0 saturated heterocycles. The third-order valence-electron chi connectivity index (χ3n) is 4.83. The van der Waals surface area contributed by atoms with Gasteiger partial charge in [-0.05, 0) is 79.0 Å². The van der Waals surface area contributed by atoms with E-state index in [4.69, 9.17) is 11.6 Å². The molecular weight excluding hydrogens is 268 g/mol. The van der Waals surface area contributed by atoms with Gasteiger partial charge in [0.25, 0.3) is 0 Å². The smallest absolute Gasteiger partial charge is 0.152 e. The maximum atomic E-state index is 11.2. The molecule has 0 fully saturated rings. The van der Waals surface area contributed by atoms with Crippen molar-refractivity contribution in [3.05, 3.63) is 38.9 Å². The SMILES string of the molecule is CCC1(C)Cc2c(C)c(C)c(C=CC(C)=O)c(Cl)c2C1. The molecule has 0 heterocycles. The Hall–Kier alpha value is -1.08. The summed E-state index contributed by atoms with van der Waals surface area (Å²) < 4.78 is 0. The number of hydrogen-bond acceptors (Lipinski definition) is 1. The van der Waals surface area contributed by atoms with E-state index in [0.29, 0.717) is 5.41 Å². The Bertz CT molecular complexity index is 598. The van der Waals surface area contributed by atoms with Crippen LogP contribution < -0.4 is 0 Å². The maximum absolute atomic E-state index is 11.2. The van der Waals surface area contributed by atoms with Crippen LogP contribution in [-0.4, -0.2) is 5.78 Å². The normalized spacial score (nSPS) is 21.5. The zero-order valence-electron chi connectivity index (χ0n) is 13.1. The average Bonchev–Trinajstić information content (AvgIpc) is 2.75. The minimum atomic E-state index is 0.0528. The molecule has 20 heavy (non-hydrogen) atoms. The predicted octanol–water partition coefficient (Wildman–Crippen LogP) is 5.07. The van der Waals surface area contributed by atoms with Crippen molar-refractivity contribution in [2.24, 2.45) is 5.41 Å². The Labute approximate surface area is 127 Å². The van der Waals surface area contributed by atoms with Gasteiger partial charge in [-0.2, -0.15) is 0 Å². The fraction of sp³-hybridized carbons (Fsp3) is 0.500. The van der Waals surface area contributed by atoms with E-state index in [2.05, 4.69) is 27.7 Å². The first-order valence-electron chi connectivity index (χ1n) is 7.28. The highest BCUT2D eigenvalue weighted by Gasteiger charge is 2.34. The fourth-order valence-electron chi connectivity index (χ4n) is 3.10. The van der Waals surface area contributed by atoms with Gasteiger partial charge in [0.05, 0.1) is 5.02 Å². The Kier molecular flexibility index (Phi) is 4.11. The molecule has 0 saturated carbocycles. The minimum absolute atomic E-state index is 0.0528. The van der Waals surface area contributed by atoms with Crippen LogP contribution in [0.4, 0.5) is 0 Å². The van der Waals surface area contributed by atoms with Crippen molar-refractivity contribution in [1.82, 2.24) is 0 Å². The highest BCUT2D eigenvalue weighted by molar-refractivity contribution is 6.33. The van der Waals surface area contributed by atoms with Crippen molar-refractivity contribution in [1.29, 1.82) is 0 Å². The zero-order chi connectivity index (χ0) is 15.1. The van der Waals surface area contributed by atoms with Gasteiger partial charge in [-0.3, -0.25) is 4.79 Å². The number of carbonyl (C=O) groups excluding carboxylic acids is 1.